The van der Waals surface area contributed by atoms with E-state index in [1.807, 2.05) is 18.3 Å². The topological polar surface area (TPSA) is 68.7 Å². The van der Waals surface area contributed by atoms with Crippen molar-refractivity contribution < 1.29 is 0 Å². The van der Waals surface area contributed by atoms with Gasteiger partial charge in [-0.25, -0.2) is 9.97 Å². The number of hydrogen-bond acceptors (Lipinski definition) is 5. The maximum absolute atomic E-state index is 6.29. The standard InChI is InChI=1S/C21H28ClN7.HI/c1-23-21(26-14-16-6-7-19(25-13-16)28-10-2-3-11-28)27-17-8-12-29(15-17)20-18(22)5-4-9-24-20;/h4-7,9,13,17H,2-3,8,10-12,14-15H2,1H3,(H2,23,26,27);1H. The van der Waals surface area contributed by atoms with Crippen LogP contribution in [0.4, 0.5) is 11.6 Å². The van der Waals surface area contributed by atoms with E-state index < -0.39 is 0 Å². The maximum Gasteiger partial charge on any atom is 0.191 e. The monoisotopic (exact) mass is 541 g/mol. The van der Waals surface area contributed by atoms with Crippen molar-refractivity contribution in [2.24, 2.45) is 4.99 Å². The van der Waals surface area contributed by atoms with Gasteiger partial charge >= 0.3 is 0 Å². The van der Waals surface area contributed by atoms with Gasteiger partial charge in [0.25, 0.3) is 0 Å². The van der Waals surface area contributed by atoms with Crippen LogP contribution in [0.5, 0.6) is 0 Å². The van der Waals surface area contributed by atoms with E-state index in [0.29, 0.717) is 17.6 Å². The predicted octanol–water partition coefficient (Wildman–Crippen LogP) is 3.29. The molecule has 0 aromatic carbocycles. The van der Waals surface area contributed by atoms with Crippen molar-refractivity contribution in [3.63, 3.8) is 0 Å². The molecule has 2 aromatic heterocycles. The molecule has 2 aliphatic rings. The molecule has 0 spiro atoms. The first-order valence-corrected chi connectivity index (χ1v) is 10.6. The van der Waals surface area contributed by atoms with Gasteiger partial charge in [-0.1, -0.05) is 17.7 Å². The first-order chi connectivity index (χ1) is 14.2. The summed E-state index contributed by atoms with van der Waals surface area (Å²) in [6.45, 7) is 4.69. The summed E-state index contributed by atoms with van der Waals surface area (Å²) in [7, 11) is 1.80. The third-order valence-corrected chi connectivity index (χ3v) is 5.79. The Kier molecular flexibility index (Phi) is 8.38. The lowest BCUT2D eigenvalue weighted by Gasteiger charge is -2.20. The number of anilines is 2. The number of rotatable bonds is 5. The third-order valence-electron chi connectivity index (χ3n) is 5.49. The molecule has 0 bridgehead atoms. The Morgan fingerprint density at radius 1 is 1.17 bits per heavy atom. The van der Waals surface area contributed by atoms with E-state index in [-0.39, 0.29) is 24.0 Å². The Balaban J connectivity index is 0.00000256. The van der Waals surface area contributed by atoms with Gasteiger partial charge < -0.3 is 20.4 Å². The minimum atomic E-state index is 0. The highest BCUT2D eigenvalue weighted by Crippen LogP contribution is 2.25. The van der Waals surface area contributed by atoms with Crippen molar-refractivity contribution >= 4 is 53.2 Å². The average Bonchev–Trinajstić information content (AvgIpc) is 3.44. The van der Waals surface area contributed by atoms with E-state index in [1.54, 1.807) is 13.2 Å². The van der Waals surface area contributed by atoms with Gasteiger partial charge in [0.1, 0.15) is 11.6 Å². The Labute approximate surface area is 200 Å². The van der Waals surface area contributed by atoms with Crippen molar-refractivity contribution in [1.29, 1.82) is 0 Å². The first kappa shape index (κ1) is 22.9. The highest BCUT2D eigenvalue weighted by Gasteiger charge is 2.25. The van der Waals surface area contributed by atoms with Crippen LogP contribution in [-0.4, -0.2) is 55.2 Å². The second-order valence-electron chi connectivity index (χ2n) is 7.53. The third kappa shape index (κ3) is 5.66. The highest BCUT2D eigenvalue weighted by atomic mass is 127. The summed E-state index contributed by atoms with van der Waals surface area (Å²) in [5.74, 6) is 2.73. The van der Waals surface area contributed by atoms with Crippen molar-refractivity contribution in [3.8, 4) is 0 Å². The van der Waals surface area contributed by atoms with Gasteiger partial charge in [-0.05, 0) is 43.0 Å². The minimum absolute atomic E-state index is 0. The van der Waals surface area contributed by atoms with Crippen LogP contribution in [0.25, 0.3) is 0 Å². The number of pyridine rings is 2. The van der Waals surface area contributed by atoms with Crippen molar-refractivity contribution in [2.45, 2.75) is 31.8 Å². The number of aromatic nitrogens is 2. The molecule has 2 aromatic rings. The maximum atomic E-state index is 6.29. The molecule has 0 radical (unpaired) electrons. The molecule has 1 unspecified atom stereocenters. The Morgan fingerprint density at radius 3 is 2.70 bits per heavy atom. The van der Waals surface area contributed by atoms with Crippen LogP contribution in [0, 0.1) is 0 Å². The second-order valence-corrected chi connectivity index (χ2v) is 7.94. The van der Waals surface area contributed by atoms with E-state index in [0.717, 1.165) is 55.8 Å². The van der Waals surface area contributed by atoms with Gasteiger partial charge in [-0.3, -0.25) is 4.99 Å². The SMILES string of the molecule is CN=C(NCc1ccc(N2CCCC2)nc1)NC1CCN(c2ncccc2Cl)C1.I. The smallest absolute Gasteiger partial charge is 0.191 e. The van der Waals surface area contributed by atoms with Gasteiger partial charge in [0.15, 0.2) is 5.96 Å². The van der Waals surface area contributed by atoms with Crippen molar-refractivity contribution in [1.82, 2.24) is 20.6 Å². The van der Waals surface area contributed by atoms with E-state index >= 15 is 0 Å². The molecule has 2 N–H and O–H groups in total. The largest absolute Gasteiger partial charge is 0.357 e. The Bertz CT molecular complexity index is 840. The fourth-order valence-electron chi connectivity index (χ4n) is 3.91. The number of guanidine groups is 1. The lowest BCUT2D eigenvalue weighted by molar-refractivity contribution is 0.648. The molecule has 0 aliphatic carbocycles. The molecular formula is C21H29ClIN7. The first-order valence-electron chi connectivity index (χ1n) is 10.3. The van der Waals surface area contributed by atoms with Crippen LogP contribution in [-0.2, 0) is 6.54 Å². The average molecular weight is 542 g/mol. The minimum Gasteiger partial charge on any atom is -0.357 e. The van der Waals surface area contributed by atoms with Crippen LogP contribution in [0.3, 0.4) is 0 Å². The van der Waals surface area contributed by atoms with E-state index in [9.17, 15) is 0 Å². The molecule has 4 heterocycles. The Morgan fingerprint density at radius 2 is 2.00 bits per heavy atom. The van der Waals surface area contributed by atoms with E-state index in [1.165, 1.54) is 12.8 Å². The summed E-state index contributed by atoms with van der Waals surface area (Å²) >= 11 is 6.29. The van der Waals surface area contributed by atoms with Crippen LogP contribution < -0.4 is 20.4 Å². The molecule has 2 saturated heterocycles. The second kappa shape index (κ2) is 11.0. The quantitative estimate of drug-likeness (QED) is 0.344. The number of nitrogens with one attached hydrogen (secondary N) is 2. The fraction of sp³-hybridized carbons (Fsp3) is 0.476. The summed E-state index contributed by atoms with van der Waals surface area (Å²) < 4.78 is 0. The lowest BCUT2D eigenvalue weighted by Crippen LogP contribution is -2.44. The molecule has 4 rings (SSSR count). The molecule has 162 valence electrons. The number of nitrogens with zero attached hydrogens (tertiary/aromatic N) is 5. The molecule has 2 aliphatic heterocycles. The summed E-state index contributed by atoms with van der Waals surface area (Å²) in [6, 6.07) is 8.30. The number of aliphatic imine (C=N–C) groups is 1. The zero-order valence-electron chi connectivity index (χ0n) is 17.2. The summed E-state index contributed by atoms with van der Waals surface area (Å²) in [6.07, 6.45) is 7.27. The van der Waals surface area contributed by atoms with Crippen molar-refractivity contribution in [2.75, 3.05) is 43.0 Å². The van der Waals surface area contributed by atoms with E-state index in [2.05, 4.69) is 47.5 Å². The summed E-state index contributed by atoms with van der Waals surface area (Å²) in [5, 5.41) is 7.60. The van der Waals surface area contributed by atoms with Gasteiger partial charge in [0.2, 0.25) is 0 Å². The predicted molar refractivity (Wildman–Crippen MR) is 134 cm³/mol. The van der Waals surface area contributed by atoms with Crippen LogP contribution in [0.15, 0.2) is 41.7 Å². The van der Waals surface area contributed by atoms with Crippen molar-refractivity contribution in [3.05, 3.63) is 47.2 Å². The van der Waals surface area contributed by atoms with Gasteiger partial charge in [-0.2, -0.15) is 0 Å². The molecular weight excluding hydrogens is 513 g/mol. The molecule has 2 fully saturated rings. The number of hydrogen-bond donors (Lipinski definition) is 2. The summed E-state index contributed by atoms with van der Waals surface area (Å²) in [5.41, 5.74) is 1.14. The normalized spacial score (nSPS) is 19.0. The molecule has 30 heavy (non-hydrogen) atoms. The molecule has 1 atom stereocenters. The highest BCUT2D eigenvalue weighted by molar-refractivity contribution is 14.0. The van der Waals surface area contributed by atoms with Gasteiger partial charge in [0, 0.05) is 58.2 Å². The summed E-state index contributed by atoms with van der Waals surface area (Å²) in [4.78, 5) is 18.0. The zero-order chi connectivity index (χ0) is 20.1. The lowest BCUT2D eigenvalue weighted by atomic mass is 10.2. The zero-order valence-corrected chi connectivity index (χ0v) is 20.3. The van der Waals surface area contributed by atoms with Gasteiger partial charge in [0.05, 0.1) is 5.02 Å². The van der Waals surface area contributed by atoms with Gasteiger partial charge in [-0.15, -0.1) is 24.0 Å². The van der Waals surface area contributed by atoms with E-state index in [4.69, 9.17) is 11.6 Å². The molecule has 9 heteroatoms. The van der Waals surface area contributed by atoms with Crippen LogP contribution >= 0.6 is 35.6 Å². The Hall–Kier alpha value is -1.81. The fourth-order valence-corrected chi connectivity index (χ4v) is 4.15. The van der Waals surface area contributed by atoms with Crippen LogP contribution in [0.2, 0.25) is 5.02 Å². The molecule has 7 nitrogen and oxygen atoms in total. The number of halogens is 2. The molecule has 0 saturated carbocycles. The van der Waals surface area contributed by atoms with Crippen LogP contribution in [0.1, 0.15) is 24.8 Å². The molecule has 0 amide bonds.